The predicted molar refractivity (Wildman–Crippen MR) is 100 cm³/mol. The zero-order valence-electron chi connectivity index (χ0n) is 14.7. The van der Waals surface area contributed by atoms with E-state index in [1.807, 2.05) is 31.1 Å². The van der Waals surface area contributed by atoms with Gasteiger partial charge < -0.3 is 9.47 Å². The highest BCUT2D eigenvalue weighted by Crippen LogP contribution is 2.29. The lowest BCUT2D eigenvalue weighted by molar-refractivity contribution is -0.131. The summed E-state index contributed by atoms with van der Waals surface area (Å²) in [6.07, 6.45) is 4.81. The fourth-order valence-corrected chi connectivity index (χ4v) is 3.71. The van der Waals surface area contributed by atoms with Crippen molar-refractivity contribution in [1.29, 1.82) is 0 Å². The summed E-state index contributed by atoms with van der Waals surface area (Å²) < 4.78 is 2.10. The number of rotatable bonds is 7. The highest BCUT2D eigenvalue weighted by atomic mass is 32.2. The summed E-state index contributed by atoms with van der Waals surface area (Å²) in [5.41, 5.74) is 2.30. The van der Waals surface area contributed by atoms with E-state index < -0.39 is 0 Å². The van der Waals surface area contributed by atoms with Crippen molar-refractivity contribution < 1.29 is 4.79 Å². The van der Waals surface area contributed by atoms with Crippen molar-refractivity contribution >= 4 is 17.7 Å². The molecular formula is C20H26N2OS. The number of benzene rings is 1. The van der Waals surface area contributed by atoms with Gasteiger partial charge in [-0.2, -0.15) is 0 Å². The van der Waals surface area contributed by atoms with Crippen LogP contribution in [0.2, 0.25) is 0 Å². The predicted octanol–water partition coefficient (Wildman–Crippen LogP) is 4.26. The van der Waals surface area contributed by atoms with Gasteiger partial charge in [-0.05, 0) is 42.7 Å². The van der Waals surface area contributed by atoms with Crippen LogP contribution < -0.4 is 0 Å². The first-order valence-corrected chi connectivity index (χ1v) is 9.56. The van der Waals surface area contributed by atoms with Gasteiger partial charge in [-0.25, -0.2) is 0 Å². The van der Waals surface area contributed by atoms with Gasteiger partial charge in [-0.1, -0.05) is 26.0 Å². The molecule has 1 aliphatic rings. The average Bonchev–Trinajstić information content (AvgIpc) is 3.29. The molecule has 0 spiro atoms. The fourth-order valence-electron chi connectivity index (χ4n) is 2.88. The van der Waals surface area contributed by atoms with Gasteiger partial charge in [0.15, 0.2) is 0 Å². The highest BCUT2D eigenvalue weighted by molar-refractivity contribution is 7.99. The maximum absolute atomic E-state index is 12.8. The highest BCUT2D eigenvalue weighted by Gasteiger charge is 2.32. The van der Waals surface area contributed by atoms with Crippen LogP contribution in [0.5, 0.6) is 0 Å². The van der Waals surface area contributed by atoms with Crippen molar-refractivity contribution in [2.45, 2.75) is 55.8 Å². The third-order valence-corrected chi connectivity index (χ3v) is 5.36. The van der Waals surface area contributed by atoms with Gasteiger partial charge in [0, 0.05) is 35.1 Å². The summed E-state index contributed by atoms with van der Waals surface area (Å²) in [7, 11) is 2.04. The largest absolute Gasteiger partial charge is 0.353 e. The molecule has 0 unspecified atom stereocenters. The van der Waals surface area contributed by atoms with E-state index in [9.17, 15) is 4.79 Å². The first kappa shape index (κ1) is 17.2. The molecule has 24 heavy (non-hydrogen) atoms. The molecule has 0 aliphatic heterocycles. The van der Waals surface area contributed by atoms with Crippen molar-refractivity contribution in [3.05, 3.63) is 53.9 Å². The molecule has 3 nitrogen and oxygen atoms in total. The van der Waals surface area contributed by atoms with E-state index in [4.69, 9.17) is 0 Å². The van der Waals surface area contributed by atoms with Crippen molar-refractivity contribution in [2.75, 3.05) is 0 Å². The maximum atomic E-state index is 12.8. The molecule has 0 bridgehead atoms. The van der Waals surface area contributed by atoms with Crippen LogP contribution in [0.4, 0.5) is 0 Å². The summed E-state index contributed by atoms with van der Waals surface area (Å²) >= 11 is 1.85. The summed E-state index contributed by atoms with van der Waals surface area (Å²) in [6, 6.07) is 13.0. The second-order valence-corrected chi connectivity index (χ2v) is 8.50. The summed E-state index contributed by atoms with van der Waals surface area (Å²) in [5, 5.41) is 0.577. The van der Waals surface area contributed by atoms with Gasteiger partial charge in [0.1, 0.15) is 0 Å². The third kappa shape index (κ3) is 4.44. The van der Waals surface area contributed by atoms with E-state index >= 15 is 0 Å². The minimum atomic E-state index is 0.239. The van der Waals surface area contributed by atoms with E-state index in [1.54, 1.807) is 0 Å². The molecule has 1 aromatic heterocycles. The van der Waals surface area contributed by atoms with Gasteiger partial charge in [0.25, 0.3) is 0 Å². The van der Waals surface area contributed by atoms with Crippen LogP contribution in [-0.2, 0) is 24.8 Å². The Bertz CT molecular complexity index is 686. The summed E-state index contributed by atoms with van der Waals surface area (Å²) in [4.78, 5) is 16.1. The van der Waals surface area contributed by atoms with Crippen LogP contribution in [-0.4, -0.2) is 26.7 Å². The van der Waals surface area contributed by atoms with Gasteiger partial charge in [0.05, 0.1) is 13.0 Å². The minimum absolute atomic E-state index is 0.239. The number of aryl methyl sites for hydroxylation is 1. The Hall–Kier alpha value is -1.68. The molecule has 3 rings (SSSR count). The number of carbonyl (C=O) groups excluding carboxylic acids is 1. The molecule has 1 heterocycles. The van der Waals surface area contributed by atoms with Crippen LogP contribution in [0.3, 0.4) is 0 Å². The molecule has 0 atom stereocenters. The lowest BCUT2D eigenvalue weighted by Crippen LogP contribution is -2.34. The second kappa shape index (κ2) is 7.47. The number of nitrogens with zero attached hydrogens (tertiary/aromatic N) is 2. The number of aromatic nitrogens is 1. The number of amides is 1. The lowest BCUT2D eigenvalue weighted by Gasteiger charge is -2.23. The topological polar surface area (TPSA) is 25.2 Å². The Kier molecular flexibility index (Phi) is 5.34. The Morgan fingerprint density at radius 1 is 1.25 bits per heavy atom. The summed E-state index contributed by atoms with van der Waals surface area (Å²) in [6.45, 7) is 5.10. The molecule has 1 saturated carbocycles. The lowest BCUT2D eigenvalue weighted by atomic mass is 10.1. The van der Waals surface area contributed by atoms with Gasteiger partial charge in [-0.3, -0.25) is 4.79 Å². The molecule has 1 fully saturated rings. The van der Waals surface area contributed by atoms with Crippen LogP contribution >= 0.6 is 11.8 Å². The Morgan fingerprint density at radius 2 is 1.96 bits per heavy atom. The normalized spacial score (nSPS) is 14.2. The Labute approximate surface area is 149 Å². The molecule has 1 amide bonds. The van der Waals surface area contributed by atoms with Crippen molar-refractivity contribution in [3.8, 4) is 0 Å². The number of hydrogen-bond donors (Lipinski definition) is 0. The van der Waals surface area contributed by atoms with Crippen LogP contribution in [0.1, 0.15) is 37.9 Å². The quantitative estimate of drug-likeness (QED) is 0.703. The molecule has 0 N–H and O–H groups in total. The standard InChI is InChI=1S/C20H26N2OS/c1-15(2)24-19-10-6-16(7-11-19)13-20(23)22(17-8-9-17)14-18-5-4-12-21(18)3/h4-7,10-12,15,17H,8-9,13-14H2,1-3H3. The van der Waals surface area contributed by atoms with Gasteiger partial charge in [0.2, 0.25) is 5.91 Å². The van der Waals surface area contributed by atoms with E-state index in [0.29, 0.717) is 24.3 Å². The van der Waals surface area contributed by atoms with Crippen molar-refractivity contribution in [1.82, 2.24) is 9.47 Å². The van der Waals surface area contributed by atoms with Crippen molar-refractivity contribution in [2.24, 2.45) is 7.05 Å². The van der Waals surface area contributed by atoms with Gasteiger partial charge >= 0.3 is 0 Å². The molecule has 0 radical (unpaired) electrons. The van der Waals surface area contributed by atoms with E-state index in [1.165, 1.54) is 10.6 Å². The van der Waals surface area contributed by atoms with Crippen LogP contribution in [0, 0.1) is 0 Å². The van der Waals surface area contributed by atoms with Crippen LogP contribution in [0.15, 0.2) is 47.5 Å². The smallest absolute Gasteiger partial charge is 0.227 e. The van der Waals surface area contributed by atoms with E-state index in [0.717, 1.165) is 18.4 Å². The fraction of sp³-hybridized carbons (Fsp3) is 0.450. The zero-order valence-corrected chi connectivity index (χ0v) is 15.6. The SMILES string of the molecule is CC(C)Sc1ccc(CC(=O)N(Cc2cccn2C)C2CC2)cc1. The third-order valence-electron chi connectivity index (χ3n) is 4.34. The first-order chi connectivity index (χ1) is 11.5. The van der Waals surface area contributed by atoms with E-state index in [-0.39, 0.29) is 5.91 Å². The maximum Gasteiger partial charge on any atom is 0.227 e. The van der Waals surface area contributed by atoms with E-state index in [2.05, 4.69) is 53.6 Å². The van der Waals surface area contributed by atoms with Crippen molar-refractivity contribution in [3.63, 3.8) is 0 Å². The molecule has 1 aromatic carbocycles. The second-order valence-electron chi connectivity index (χ2n) is 6.85. The molecule has 4 heteroatoms. The number of hydrogen-bond acceptors (Lipinski definition) is 2. The number of thioether (sulfide) groups is 1. The molecule has 0 saturated heterocycles. The monoisotopic (exact) mass is 342 g/mol. The molecule has 2 aromatic rings. The molecule has 128 valence electrons. The van der Waals surface area contributed by atoms with Gasteiger partial charge in [-0.15, -0.1) is 11.8 Å². The first-order valence-electron chi connectivity index (χ1n) is 8.68. The summed E-state index contributed by atoms with van der Waals surface area (Å²) in [5.74, 6) is 0.239. The minimum Gasteiger partial charge on any atom is -0.353 e. The Balaban J connectivity index is 1.64. The number of carbonyl (C=O) groups is 1. The Morgan fingerprint density at radius 3 is 2.50 bits per heavy atom. The van der Waals surface area contributed by atoms with Crippen LogP contribution in [0.25, 0.3) is 0 Å². The zero-order chi connectivity index (χ0) is 17.1. The molecular weight excluding hydrogens is 316 g/mol. The average molecular weight is 343 g/mol. The molecule has 1 aliphatic carbocycles.